The molecular weight excluding hydrogens is 294 g/mol. The number of nitrogens with zero attached hydrogens (tertiary/aromatic N) is 1. The number of piperidine rings is 1. The molecule has 5 rings (SSSR count). The zero-order valence-corrected chi connectivity index (χ0v) is 13.6. The van der Waals surface area contributed by atoms with Crippen molar-refractivity contribution in [3.05, 3.63) is 23.3 Å². The first-order chi connectivity index (χ1) is 11.0. The minimum Gasteiger partial charge on any atom is -0.493 e. The van der Waals surface area contributed by atoms with Crippen molar-refractivity contribution in [3.63, 3.8) is 0 Å². The molecular formula is C18H23NO4. The maximum Gasteiger partial charge on any atom is 0.166 e. The molecule has 0 aromatic heterocycles. The van der Waals surface area contributed by atoms with Crippen LogP contribution in [-0.4, -0.2) is 59.7 Å². The monoisotopic (exact) mass is 317 g/mol. The summed E-state index contributed by atoms with van der Waals surface area (Å²) in [6, 6.07) is 4.15. The predicted molar refractivity (Wildman–Crippen MR) is 84.0 cm³/mol. The van der Waals surface area contributed by atoms with Gasteiger partial charge in [0.15, 0.2) is 11.5 Å². The van der Waals surface area contributed by atoms with E-state index in [1.807, 2.05) is 6.07 Å². The average Bonchev–Trinajstić information content (AvgIpc) is 2.90. The van der Waals surface area contributed by atoms with Crippen LogP contribution >= 0.6 is 0 Å². The number of ether oxygens (including phenoxy) is 2. The Morgan fingerprint density at radius 3 is 2.96 bits per heavy atom. The molecule has 1 aromatic rings. The fraction of sp³-hybridized carbons (Fsp3) is 0.667. The Bertz CT molecular complexity index is 692. The number of hydrogen-bond donors (Lipinski definition) is 2. The van der Waals surface area contributed by atoms with Crippen molar-refractivity contribution in [1.82, 2.24) is 4.90 Å². The summed E-state index contributed by atoms with van der Waals surface area (Å²) in [5.41, 5.74) is 0.999. The average molecular weight is 317 g/mol. The highest BCUT2D eigenvalue weighted by atomic mass is 16.5. The van der Waals surface area contributed by atoms with Crippen molar-refractivity contribution in [2.24, 2.45) is 0 Å². The Hall–Kier alpha value is -1.30. The molecule has 2 heterocycles. The van der Waals surface area contributed by atoms with E-state index in [2.05, 4.69) is 18.0 Å². The lowest BCUT2D eigenvalue weighted by atomic mass is 9.49. The number of likely N-dealkylation sites (tertiary alicyclic amines) is 1. The van der Waals surface area contributed by atoms with Crippen molar-refractivity contribution < 1.29 is 19.7 Å². The molecule has 0 amide bonds. The number of rotatable bonds is 1. The Balaban J connectivity index is 1.84. The van der Waals surface area contributed by atoms with E-state index in [1.54, 1.807) is 7.11 Å². The van der Waals surface area contributed by atoms with Gasteiger partial charge in [-0.3, -0.25) is 0 Å². The lowest BCUT2D eigenvalue weighted by Crippen LogP contribution is -2.76. The highest BCUT2D eigenvalue weighted by molar-refractivity contribution is 5.62. The van der Waals surface area contributed by atoms with Crippen molar-refractivity contribution >= 4 is 0 Å². The first kappa shape index (κ1) is 14.1. The topological polar surface area (TPSA) is 62.2 Å². The molecule has 23 heavy (non-hydrogen) atoms. The van der Waals surface area contributed by atoms with E-state index in [0.29, 0.717) is 18.6 Å². The third kappa shape index (κ3) is 1.37. The predicted octanol–water partition coefficient (Wildman–Crippen LogP) is 0.840. The van der Waals surface area contributed by atoms with Crippen molar-refractivity contribution in [3.8, 4) is 11.5 Å². The zero-order valence-electron chi connectivity index (χ0n) is 13.6. The molecule has 4 aliphatic rings. The van der Waals surface area contributed by atoms with Crippen LogP contribution in [0.2, 0.25) is 0 Å². The van der Waals surface area contributed by atoms with Crippen molar-refractivity contribution in [2.75, 3.05) is 20.7 Å². The van der Waals surface area contributed by atoms with Gasteiger partial charge in [-0.15, -0.1) is 0 Å². The van der Waals surface area contributed by atoms with Gasteiger partial charge in [-0.2, -0.15) is 0 Å². The highest BCUT2D eigenvalue weighted by Gasteiger charge is 2.72. The van der Waals surface area contributed by atoms with Gasteiger partial charge in [0.2, 0.25) is 0 Å². The van der Waals surface area contributed by atoms with E-state index in [9.17, 15) is 10.2 Å². The third-order valence-electron chi connectivity index (χ3n) is 6.90. The van der Waals surface area contributed by atoms with Crippen LogP contribution in [0.15, 0.2) is 12.1 Å². The summed E-state index contributed by atoms with van der Waals surface area (Å²) in [6.07, 6.45) is 1.93. The molecule has 2 aliphatic heterocycles. The molecule has 2 unspecified atom stereocenters. The molecule has 5 atom stereocenters. The van der Waals surface area contributed by atoms with Crippen LogP contribution in [0.4, 0.5) is 0 Å². The molecule has 2 aliphatic carbocycles. The molecule has 124 valence electrons. The van der Waals surface area contributed by atoms with Crippen LogP contribution < -0.4 is 9.47 Å². The van der Waals surface area contributed by atoms with Crippen LogP contribution in [0.25, 0.3) is 0 Å². The molecule has 0 radical (unpaired) electrons. The quantitative estimate of drug-likeness (QED) is 0.804. The van der Waals surface area contributed by atoms with Gasteiger partial charge in [-0.25, -0.2) is 0 Å². The summed E-state index contributed by atoms with van der Waals surface area (Å²) in [5, 5.41) is 22.4. The molecule has 2 bridgehead atoms. The Morgan fingerprint density at radius 2 is 2.17 bits per heavy atom. The lowest BCUT2D eigenvalue weighted by Gasteiger charge is -2.63. The molecule has 1 spiro atoms. The Labute approximate surface area is 135 Å². The summed E-state index contributed by atoms with van der Waals surface area (Å²) in [6.45, 7) is 0.912. The van der Waals surface area contributed by atoms with Crippen molar-refractivity contribution in [1.29, 1.82) is 0 Å². The number of likely N-dealkylation sites (N-methyl/N-ethyl adjacent to an activating group) is 1. The van der Waals surface area contributed by atoms with E-state index >= 15 is 0 Å². The molecule has 1 saturated carbocycles. The largest absolute Gasteiger partial charge is 0.493 e. The smallest absolute Gasteiger partial charge is 0.166 e. The summed E-state index contributed by atoms with van der Waals surface area (Å²) >= 11 is 0. The van der Waals surface area contributed by atoms with E-state index in [0.717, 1.165) is 30.7 Å². The second-order valence-corrected chi connectivity index (χ2v) is 7.62. The van der Waals surface area contributed by atoms with Crippen LogP contribution in [0.1, 0.15) is 30.4 Å². The minimum absolute atomic E-state index is 0.0849. The number of hydrogen-bond acceptors (Lipinski definition) is 5. The van der Waals surface area contributed by atoms with Gasteiger partial charge >= 0.3 is 0 Å². The SMILES string of the molecule is COc1ccc2c3c1O[C@H]1C(O)CC[C@@]4(O)C(C2)N(C)CC[C@]314. The highest BCUT2D eigenvalue weighted by Crippen LogP contribution is 2.65. The van der Waals surface area contributed by atoms with Gasteiger partial charge in [0, 0.05) is 11.6 Å². The normalized spacial score (nSPS) is 43.7. The number of methoxy groups -OCH3 is 1. The minimum atomic E-state index is -0.839. The summed E-state index contributed by atoms with van der Waals surface area (Å²) in [5.74, 6) is 1.46. The molecule has 5 nitrogen and oxygen atoms in total. The van der Waals surface area contributed by atoms with Crippen molar-refractivity contribution in [2.45, 2.75) is 54.9 Å². The first-order valence-corrected chi connectivity index (χ1v) is 8.50. The first-order valence-electron chi connectivity index (χ1n) is 8.50. The number of benzene rings is 1. The van der Waals surface area contributed by atoms with Gasteiger partial charge < -0.3 is 24.6 Å². The Kier molecular flexibility index (Phi) is 2.57. The van der Waals surface area contributed by atoms with E-state index in [-0.39, 0.29) is 12.1 Å². The van der Waals surface area contributed by atoms with E-state index in [1.165, 1.54) is 5.56 Å². The second kappa shape index (κ2) is 4.21. The van der Waals surface area contributed by atoms with E-state index in [4.69, 9.17) is 9.47 Å². The van der Waals surface area contributed by atoms with Crippen LogP contribution in [0.5, 0.6) is 11.5 Å². The summed E-state index contributed by atoms with van der Waals surface area (Å²) < 4.78 is 11.8. The number of aliphatic hydroxyl groups excluding tert-OH is 1. The lowest BCUT2D eigenvalue weighted by molar-refractivity contribution is -0.204. The van der Waals surface area contributed by atoms with Gasteiger partial charge in [-0.1, -0.05) is 6.07 Å². The van der Waals surface area contributed by atoms with Gasteiger partial charge in [0.25, 0.3) is 0 Å². The maximum atomic E-state index is 11.8. The zero-order chi connectivity index (χ0) is 16.0. The maximum absolute atomic E-state index is 11.8. The van der Waals surface area contributed by atoms with Crippen LogP contribution in [0, 0.1) is 0 Å². The second-order valence-electron chi connectivity index (χ2n) is 7.62. The standard InChI is InChI=1S/C18H23NO4/c1-19-8-7-17-14-10-3-4-12(22-2)15(14)23-16(17)11(20)5-6-18(17,21)13(19)9-10/h3-4,11,13,16,20-21H,5-9H2,1-2H3/t11?,13?,16-,17-,18+/m0/s1. The molecule has 2 N–H and O–H groups in total. The van der Waals surface area contributed by atoms with Crippen LogP contribution in [0.3, 0.4) is 0 Å². The van der Waals surface area contributed by atoms with Gasteiger partial charge in [-0.05, 0) is 50.9 Å². The van der Waals surface area contributed by atoms with Crippen LogP contribution in [-0.2, 0) is 11.8 Å². The van der Waals surface area contributed by atoms with Gasteiger partial charge in [0.05, 0.1) is 24.2 Å². The Morgan fingerprint density at radius 1 is 1.35 bits per heavy atom. The fourth-order valence-corrected chi connectivity index (χ4v) is 5.88. The molecule has 5 heteroatoms. The molecule has 1 aromatic carbocycles. The van der Waals surface area contributed by atoms with E-state index < -0.39 is 17.1 Å². The molecule has 1 saturated heterocycles. The third-order valence-corrected chi connectivity index (χ3v) is 6.90. The molecule has 2 fully saturated rings. The van der Waals surface area contributed by atoms with Gasteiger partial charge in [0.1, 0.15) is 6.10 Å². The summed E-state index contributed by atoms with van der Waals surface area (Å²) in [4.78, 5) is 2.28. The number of aliphatic hydroxyl groups is 2. The summed E-state index contributed by atoms with van der Waals surface area (Å²) in [7, 11) is 3.74. The fourth-order valence-electron chi connectivity index (χ4n) is 5.88.